The number of hydrogen-bond donors (Lipinski definition) is 2. The Labute approximate surface area is 196 Å². The standard InChI is InChI=1S/C23H23ClN4O4S/c1-15-12-21(29)27-22(25-15)16-4-2-6-19(13-16)26-23(30)17-5-3-11-28(14-17)33(31,32)20-9-7-18(24)8-10-20/h2,4,6-10,12-13,17H,3,5,11,14H2,1H3,(H,26,30)(H,25,27,29)/t17-/m1/s1. The summed E-state index contributed by atoms with van der Waals surface area (Å²) >= 11 is 5.87. The number of hydrogen-bond acceptors (Lipinski definition) is 5. The van der Waals surface area contributed by atoms with Crippen molar-refractivity contribution >= 4 is 33.2 Å². The van der Waals surface area contributed by atoms with Crippen LogP contribution in [-0.4, -0.2) is 41.7 Å². The normalized spacial score (nSPS) is 17.0. The van der Waals surface area contributed by atoms with Crippen LogP contribution in [0.4, 0.5) is 5.69 Å². The summed E-state index contributed by atoms with van der Waals surface area (Å²) in [6.45, 7) is 2.19. The maximum Gasteiger partial charge on any atom is 0.251 e. The van der Waals surface area contributed by atoms with Gasteiger partial charge in [0, 0.05) is 41.1 Å². The Morgan fingerprint density at radius 3 is 2.67 bits per heavy atom. The van der Waals surface area contributed by atoms with Gasteiger partial charge in [-0.2, -0.15) is 4.31 Å². The highest BCUT2D eigenvalue weighted by atomic mass is 35.5. The molecular formula is C23H23ClN4O4S. The van der Waals surface area contributed by atoms with Gasteiger partial charge in [-0.15, -0.1) is 0 Å². The lowest BCUT2D eigenvalue weighted by molar-refractivity contribution is -0.120. The van der Waals surface area contributed by atoms with Crippen LogP contribution in [0.15, 0.2) is 64.3 Å². The monoisotopic (exact) mass is 486 g/mol. The summed E-state index contributed by atoms with van der Waals surface area (Å²) in [7, 11) is -3.72. The molecule has 1 atom stereocenters. The number of aromatic nitrogens is 2. The summed E-state index contributed by atoms with van der Waals surface area (Å²) in [6, 6.07) is 14.4. The van der Waals surface area contributed by atoms with Gasteiger partial charge in [0.1, 0.15) is 5.82 Å². The molecule has 1 aliphatic rings. The van der Waals surface area contributed by atoms with Gasteiger partial charge in [0.15, 0.2) is 0 Å². The molecule has 2 N–H and O–H groups in total. The molecule has 0 saturated carbocycles. The molecule has 2 heterocycles. The smallest absolute Gasteiger partial charge is 0.251 e. The number of nitrogens with one attached hydrogen (secondary N) is 2. The zero-order chi connectivity index (χ0) is 23.6. The second kappa shape index (κ2) is 9.46. The van der Waals surface area contributed by atoms with Crippen LogP contribution >= 0.6 is 11.6 Å². The molecule has 0 bridgehead atoms. The number of carbonyl (C=O) groups excluding carboxylic acids is 1. The summed E-state index contributed by atoms with van der Waals surface area (Å²) in [4.78, 5) is 31.9. The first kappa shape index (κ1) is 23.2. The molecule has 1 fully saturated rings. The maximum atomic E-state index is 13.0. The predicted octanol–water partition coefficient (Wildman–Crippen LogP) is 3.44. The van der Waals surface area contributed by atoms with E-state index in [1.165, 1.54) is 34.6 Å². The van der Waals surface area contributed by atoms with Crippen LogP contribution in [0.2, 0.25) is 5.02 Å². The Morgan fingerprint density at radius 1 is 1.18 bits per heavy atom. The van der Waals surface area contributed by atoms with E-state index in [0.29, 0.717) is 47.2 Å². The van der Waals surface area contributed by atoms with Crippen molar-refractivity contribution in [3.63, 3.8) is 0 Å². The molecule has 2 aromatic carbocycles. The predicted molar refractivity (Wildman–Crippen MR) is 127 cm³/mol. The van der Waals surface area contributed by atoms with Crippen LogP contribution < -0.4 is 10.9 Å². The van der Waals surface area contributed by atoms with E-state index in [4.69, 9.17) is 11.6 Å². The van der Waals surface area contributed by atoms with Crippen molar-refractivity contribution in [2.24, 2.45) is 5.92 Å². The Morgan fingerprint density at radius 2 is 1.94 bits per heavy atom. The Bertz CT molecular complexity index is 1340. The van der Waals surface area contributed by atoms with Crippen molar-refractivity contribution in [2.75, 3.05) is 18.4 Å². The fourth-order valence-corrected chi connectivity index (χ4v) is 5.48. The van der Waals surface area contributed by atoms with E-state index in [1.54, 1.807) is 31.2 Å². The van der Waals surface area contributed by atoms with Crippen LogP contribution in [0.1, 0.15) is 18.5 Å². The van der Waals surface area contributed by atoms with Crippen LogP contribution in [0.5, 0.6) is 0 Å². The second-order valence-electron chi connectivity index (χ2n) is 7.96. The zero-order valence-corrected chi connectivity index (χ0v) is 19.5. The SMILES string of the molecule is Cc1cc(=O)[nH]c(-c2cccc(NC(=O)[C@@H]3CCCN(S(=O)(=O)c4ccc(Cl)cc4)C3)c2)n1. The number of halogens is 1. The molecule has 0 unspecified atom stereocenters. The quantitative estimate of drug-likeness (QED) is 0.573. The second-order valence-corrected chi connectivity index (χ2v) is 10.3. The topological polar surface area (TPSA) is 112 Å². The van der Waals surface area contributed by atoms with Crippen LogP contribution in [0.3, 0.4) is 0 Å². The van der Waals surface area contributed by atoms with E-state index in [0.717, 1.165) is 0 Å². The Hall–Kier alpha value is -3.01. The number of benzene rings is 2. The Kier molecular flexibility index (Phi) is 6.64. The lowest BCUT2D eigenvalue weighted by Gasteiger charge is -2.31. The van der Waals surface area contributed by atoms with Crippen molar-refractivity contribution in [3.8, 4) is 11.4 Å². The van der Waals surface area contributed by atoms with Gasteiger partial charge in [-0.05, 0) is 56.2 Å². The van der Waals surface area contributed by atoms with E-state index >= 15 is 0 Å². The number of H-pyrrole nitrogens is 1. The lowest BCUT2D eigenvalue weighted by atomic mass is 9.98. The third-order valence-electron chi connectivity index (χ3n) is 5.48. The van der Waals surface area contributed by atoms with Gasteiger partial charge >= 0.3 is 0 Å². The molecule has 0 aliphatic carbocycles. The molecule has 8 nitrogen and oxygen atoms in total. The molecule has 1 saturated heterocycles. The molecule has 0 spiro atoms. The van der Waals surface area contributed by atoms with Gasteiger partial charge in [0.25, 0.3) is 5.56 Å². The summed E-state index contributed by atoms with van der Waals surface area (Å²) in [5, 5.41) is 3.33. The summed E-state index contributed by atoms with van der Waals surface area (Å²) < 4.78 is 27.3. The van der Waals surface area contributed by atoms with Gasteiger partial charge in [0.2, 0.25) is 15.9 Å². The third kappa shape index (κ3) is 5.32. The number of nitrogens with zero attached hydrogens (tertiary/aromatic N) is 2. The molecule has 1 aromatic heterocycles. The number of amides is 1. The lowest BCUT2D eigenvalue weighted by Crippen LogP contribution is -2.43. The van der Waals surface area contributed by atoms with Crippen molar-refractivity contribution in [3.05, 3.63) is 75.7 Å². The number of sulfonamides is 1. The van der Waals surface area contributed by atoms with E-state index in [1.807, 2.05) is 0 Å². The molecule has 1 amide bonds. The molecule has 4 rings (SSSR count). The van der Waals surface area contributed by atoms with Crippen LogP contribution in [0.25, 0.3) is 11.4 Å². The largest absolute Gasteiger partial charge is 0.326 e. The Balaban J connectivity index is 1.49. The van der Waals surface area contributed by atoms with Gasteiger partial charge in [-0.1, -0.05) is 23.7 Å². The molecule has 10 heteroatoms. The minimum Gasteiger partial charge on any atom is -0.326 e. The van der Waals surface area contributed by atoms with Crippen LogP contribution in [0, 0.1) is 12.8 Å². The van der Waals surface area contributed by atoms with E-state index in [9.17, 15) is 18.0 Å². The number of aromatic amines is 1. The maximum absolute atomic E-state index is 13.0. The fraction of sp³-hybridized carbons (Fsp3) is 0.261. The minimum absolute atomic E-state index is 0.100. The third-order valence-corrected chi connectivity index (χ3v) is 7.61. The van der Waals surface area contributed by atoms with Gasteiger partial charge in [0.05, 0.1) is 10.8 Å². The van der Waals surface area contributed by atoms with E-state index < -0.39 is 15.9 Å². The van der Waals surface area contributed by atoms with E-state index in [2.05, 4.69) is 15.3 Å². The summed E-state index contributed by atoms with van der Waals surface area (Å²) in [5.41, 5.74) is 1.53. The van der Waals surface area contributed by atoms with Crippen molar-refractivity contribution in [2.45, 2.75) is 24.7 Å². The molecule has 33 heavy (non-hydrogen) atoms. The molecular weight excluding hydrogens is 464 g/mol. The number of carbonyl (C=O) groups is 1. The number of rotatable bonds is 5. The highest BCUT2D eigenvalue weighted by molar-refractivity contribution is 7.89. The fourth-order valence-electron chi connectivity index (χ4n) is 3.83. The molecule has 0 radical (unpaired) electrons. The molecule has 1 aliphatic heterocycles. The van der Waals surface area contributed by atoms with Crippen molar-refractivity contribution < 1.29 is 13.2 Å². The van der Waals surface area contributed by atoms with Gasteiger partial charge in [-0.25, -0.2) is 13.4 Å². The van der Waals surface area contributed by atoms with Crippen molar-refractivity contribution in [1.29, 1.82) is 0 Å². The van der Waals surface area contributed by atoms with Gasteiger partial charge in [-0.3, -0.25) is 9.59 Å². The number of anilines is 1. The highest BCUT2D eigenvalue weighted by Crippen LogP contribution is 2.26. The number of piperidine rings is 1. The zero-order valence-electron chi connectivity index (χ0n) is 17.9. The summed E-state index contributed by atoms with van der Waals surface area (Å²) in [6.07, 6.45) is 1.17. The average Bonchev–Trinajstić information content (AvgIpc) is 2.79. The molecule has 172 valence electrons. The van der Waals surface area contributed by atoms with Gasteiger partial charge < -0.3 is 10.3 Å². The average molecular weight is 487 g/mol. The summed E-state index contributed by atoms with van der Waals surface area (Å²) in [5.74, 6) is -0.329. The first-order chi connectivity index (χ1) is 15.7. The minimum atomic E-state index is -3.72. The molecule has 3 aromatic rings. The number of aryl methyl sites for hydroxylation is 1. The first-order valence-electron chi connectivity index (χ1n) is 10.5. The van der Waals surface area contributed by atoms with Crippen LogP contribution in [-0.2, 0) is 14.8 Å². The highest BCUT2D eigenvalue weighted by Gasteiger charge is 2.33. The van der Waals surface area contributed by atoms with Crippen molar-refractivity contribution in [1.82, 2.24) is 14.3 Å². The first-order valence-corrected chi connectivity index (χ1v) is 12.3. The van der Waals surface area contributed by atoms with E-state index in [-0.39, 0.29) is 22.9 Å².